The monoisotopic (exact) mass is 374 g/mol. The number of carbonyl (C=O) groups excluding carboxylic acids is 1. The molecule has 1 N–H and O–H groups in total. The van der Waals surface area contributed by atoms with Crippen LogP contribution in [-0.4, -0.2) is 57.6 Å². The maximum absolute atomic E-state index is 12.0. The Bertz CT molecular complexity index is 628. The topological polar surface area (TPSA) is 60.0 Å². The zero-order valence-electron chi connectivity index (χ0n) is 15.9. The molecule has 2 heterocycles. The van der Waals surface area contributed by atoms with Gasteiger partial charge in [0.25, 0.3) is 0 Å². The maximum atomic E-state index is 12.0. The largest absolute Gasteiger partial charge is 0.490 e. The highest BCUT2D eigenvalue weighted by Crippen LogP contribution is 2.29. The molecule has 4 rings (SSSR count). The number of hydrogen-bond donors (Lipinski definition) is 1. The summed E-state index contributed by atoms with van der Waals surface area (Å²) in [6.07, 6.45) is 5.59. The summed E-state index contributed by atoms with van der Waals surface area (Å²) in [6, 6.07) is 8.47. The lowest BCUT2D eigenvalue weighted by atomic mass is 10.1. The highest BCUT2D eigenvalue weighted by molar-refractivity contribution is 5.77. The molecule has 1 aliphatic carbocycles. The molecule has 27 heavy (non-hydrogen) atoms. The second-order valence-corrected chi connectivity index (χ2v) is 7.88. The lowest BCUT2D eigenvalue weighted by Crippen LogP contribution is -2.39. The molecule has 3 fully saturated rings. The quantitative estimate of drug-likeness (QED) is 0.757. The van der Waals surface area contributed by atoms with Crippen LogP contribution in [0.4, 0.5) is 5.69 Å². The molecule has 0 unspecified atom stereocenters. The van der Waals surface area contributed by atoms with Crippen molar-refractivity contribution in [2.45, 2.75) is 44.2 Å². The molecular formula is C21H30N2O4. The first-order valence-electron chi connectivity index (χ1n) is 10.2. The van der Waals surface area contributed by atoms with Gasteiger partial charge in [-0.1, -0.05) is 6.07 Å². The third kappa shape index (κ3) is 5.59. The van der Waals surface area contributed by atoms with Gasteiger partial charge in [0, 0.05) is 43.7 Å². The van der Waals surface area contributed by atoms with Crippen molar-refractivity contribution in [2.75, 3.05) is 44.4 Å². The van der Waals surface area contributed by atoms with Crippen LogP contribution in [0.25, 0.3) is 0 Å². The van der Waals surface area contributed by atoms with Crippen LogP contribution in [0.15, 0.2) is 24.3 Å². The molecule has 2 aliphatic heterocycles. The van der Waals surface area contributed by atoms with Crippen LogP contribution >= 0.6 is 0 Å². The van der Waals surface area contributed by atoms with E-state index in [1.54, 1.807) is 0 Å². The van der Waals surface area contributed by atoms with Crippen LogP contribution in [0, 0.1) is 5.92 Å². The number of hydrogen-bond acceptors (Lipinski definition) is 5. The number of ether oxygens (including phenoxy) is 3. The molecule has 0 bridgehead atoms. The van der Waals surface area contributed by atoms with Gasteiger partial charge in [-0.15, -0.1) is 0 Å². The Morgan fingerprint density at radius 3 is 2.85 bits per heavy atom. The number of nitrogens with one attached hydrogen (secondary N) is 1. The van der Waals surface area contributed by atoms with E-state index in [2.05, 4.69) is 22.3 Å². The summed E-state index contributed by atoms with van der Waals surface area (Å²) in [7, 11) is 0. The third-order valence-electron chi connectivity index (χ3n) is 5.49. The molecule has 2 saturated heterocycles. The minimum absolute atomic E-state index is 0.000832. The van der Waals surface area contributed by atoms with Crippen LogP contribution in [0.3, 0.4) is 0 Å². The Hall–Kier alpha value is -1.79. The van der Waals surface area contributed by atoms with Gasteiger partial charge in [-0.2, -0.15) is 0 Å². The standard InChI is InChI=1S/C21H30N2O4/c24-21(15-26-14-16-4-5-16)22-17-6-9-23(13-17)18-2-1-3-20(12-18)27-19-7-10-25-11-8-19/h1-3,12,16-17,19H,4-11,13-15H2,(H,22,24)/t17-/m0/s1. The Morgan fingerprint density at radius 2 is 2.04 bits per heavy atom. The van der Waals surface area contributed by atoms with Gasteiger partial charge in [-0.25, -0.2) is 0 Å². The first-order chi connectivity index (χ1) is 13.3. The Labute approximate surface area is 161 Å². The summed E-state index contributed by atoms with van der Waals surface area (Å²) in [5, 5.41) is 3.10. The van der Waals surface area contributed by atoms with Gasteiger partial charge in [-0.3, -0.25) is 4.79 Å². The molecule has 6 nitrogen and oxygen atoms in total. The Kier molecular flexibility index (Phi) is 6.14. The molecule has 1 saturated carbocycles. The molecule has 3 aliphatic rings. The van der Waals surface area contributed by atoms with E-state index in [-0.39, 0.29) is 24.7 Å². The van der Waals surface area contributed by atoms with E-state index in [0.717, 1.165) is 63.6 Å². The predicted octanol–water partition coefficient (Wildman–Crippen LogP) is 2.37. The fourth-order valence-electron chi connectivity index (χ4n) is 3.72. The molecule has 1 aromatic carbocycles. The van der Waals surface area contributed by atoms with Gasteiger partial charge in [0.1, 0.15) is 18.5 Å². The fraction of sp³-hybridized carbons (Fsp3) is 0.667. The summed E-state index contributed by atoms with van der Waals surface area (Å²) in [5.41, 5.74) is 1.15. The number of amides is 1. The van der Waals surface area contributed by atoms with E-state index < -0.39 is 0 Å². The smallest absolute Gasteiger partial charge is 0.246 e. The summed E-state index contributed by atoms with van der Waals surface area (Å²) < 4.78 is 17.0. The first-order valence-corrected chi connectivity index (χ1v) is 10.2. The van der Waals surface area contributed by atoms with Crippen molar-refractivity contribution in [1.82, 2.24) is 5.32 Å². The molecular weight excluding hydrogens is 344 g/mol. The summed E-state index contributed by atoms with van der Waals surface area (Å²) in [6.45, 7) is 4.24. The number of benzene rings is 1. The zero-order chi connectivity index (χ0) is 18.5. The molecule has 6 heteroatoms. The van der Waals surface area contributed by atoms with Crippen LogP contribution in [0.5, 0.6) is 5.75 Å². The second kappa shape index (κ2) is 8.93. The SMILES string of the molecule is O=C(COCC1CC1)N[C@H]1CCN(c2cccc(OC3CCOCC3)c2)C1. The highest BCUT2D eigenvalue weighted by Gasteiger charge is 2.25. The number of carbonyl (C=O) groups is 1. The van der Waals surface area contributed by atoms with E-state index in [0.29, 0.717) is 5.92 Å². The zero-order valence-corrected chi connectivity index (χ0v) is 15.9. The maximum Gasteiger partial charge on any atom is 0.246 e. The van der Waals surface area contributed by atoms with Crippen LogP contribution in [-0.2, 0) is 14.3 Å². The number of anilines is 1. The third-order valence-corrected chi connectivity index (χ3v) is 5.49. The van der Waals surface area contributed by atoms with Crippen molar-refractivity contribution in [3.05, 3.63) is 24.3 Å². The van der Waals surface area contributed by atoms with Gasteiger partial charge >= 0.3 is 0 Å². The van der Waals surface area contributed by atoms with Crippen molar-refractivity contribution in [2.24, 2.45) is 5.92 Å². The average Bonchev–Trinajstić information content (AvgIpc) is 3.39. The highest BCUT2D eigenvalue weighted by atomic mass is 16.5. The number of nitrogens with zero attached hydrogens (tertiary/aromatic N) is 1. The van der Waals surface area contributed by atoms with Gasteiger partial charge < -0.3 is 24.4 Å². The van der Waals surface area contributed by atoms with Crippen molar-refractivity contribution < 1.29 is 19.0 Å². The van der Waals surface area contributed by atoms with E-state index in [4.69, 9.17) is 14.2 Å². The molecule has 1 atom stereocenters. The van der Waals surface area contributed by atoms with Gasteiger partial charge in [0.2, 0.25) is 5.91 Å². The second-order valence-electron chi connectivity index (χ2n) is 7.88. The normalized spacial score (nSPS) is 23.4. The van der Waals surface area contributed by atoms with Crippen LogP contribution in [0.1, 0.15) is 32.1 Å². The van der Waals surface area contributed by atoms with E-state index in [9.17, 15) is 4.79 Å². The van der Waals surface area contributed by atoms with Crippen molar-refractivity contribution in [3.8, 4) is 5.75 Å². The predicted molar refractivity (Wildman–Crippen MR) is 103 cm³/mol. The fourth-order valence-corrected chi connectivity index (χ4v) is 3.72. The van der Waals surface area contributed by atoms with Crippen LogP contribution < -0.4 is 15.0 Å². The summed E-state index contributed by atoms with van der Waals surface area (Å²) in [4.78, 5) is 14.3. The Morgan fingerprint density at radius 1 is 1.19 bits per heavy atom. The number of rotatable bonds is 8. The summed E-state index contributed by atoms with van der Waals surface area (Å²) >= 11 is 0. The molecule has 1 amide bonds. The van der Waals surface area contributed by atoms with Crippen molar-refractivity contribution in [3.63, 3.8) is 0 Å². The molecule has 1 aromatic rings. The minimum atomic E-state index is -0.000832. The summed E-state index contributed by atoms with van der Waals surface area (Å²) in [5.74, 6) is 1.61. The first kappa shape index (κ1) is 18.6. The van der Waals surface area contributed by atoms with E-state index in [1.165, 1.54) is 12.8 Å². The van der Waals surface area contributed by atoms with Gasteiger partial charge in [0.05, 0.1) is 19.8 Å². The molecule has 148 valence electrons. The Balaban J connectivity index is 1.24. The van der Waals surface area contributed by atoms with Crippen LogP contribution in [0.2, 0.25) is 0 Å². The van der Waals surface area contributed by atoms with Gasteiger partial charge in [0.15, 0.2) is 0 Å². The lowest BCUT2D eigenvalue weighted by molar-refractivity contribution is -0.126. The average molecular weight is 374 g/mol. The lowest BCUT2D eigenvalue weighted by Gasteiger charge is -2.24. The minimum Gasteiger partial charge on any atom is -0.490 e. The molecule has 0 spiro atoms. The van der Waals surface area contributed by atoms with E-state index >= 15 is 0 Å². The molecule has 0 radical (unpaired) electrons. The van der Waals surface area contributed by atoms with Crippen molar-refractivity contribution >= 4 is 11.6 Å². The van der Waals surface area contributed by atoms with Gasteiger partial charge in [-0.05, 0) is 37.3 Å². The van der Waals surface area contributed by atoms with Crippen molar-refractivity contribution in [1.29, 1.82) is 0 Å². The molecule has 0 aromatic heterocycles. The van der Waals surface area contributed by atoms with E-state index in [1.807, 2.05) is 12.1 Å².